The molecule has 1 atom stereocenters. The molecule has 1 amide bonds. The van der Waals surface area contributed by atoms with Gasteiger partial charge in [-0.3, -0.25) is 9.48 Å². The van der Waals surface area contributed by atoms with Crippen LogP contribution < -0.4 is 4.90 Å². The summed E-state index contributed by atoms with van der Waals surface area (Å²) >= 11 is 0. The number of amides is 1. The second kappa shape index (κ2) is 6.70. The van der Waals surface area contributed by atoms with Crippen LogP contribution in [0.25, 0.3) is 0 Å². The number of rotatable bonds is 2. The number of hydrogen-bond acceptors (Lipinski definition) is 5. The molecule has 1 unspecified atom stereocenters. The van der Waals surface area contributed by atoms with Crippen molar-refractivity contribution in [1.29, 1.82) is 0 Å². The molecule has 7 nitrogen and oxygen atoms in total. The lowest BCUT2D eigenvalue weighted by molar-refractivity contribution is 0.0464. The first-order chi connectivity index (χ1) is 12.6. The predicted molar refractivity (Wildman–Crippen MR) is 99.0 cm³/mol. The van der Waals surface area contributed by atoms with E-state index >= 15 is 0 Å². The number of aromatic nitrogens is 4. The average molecular weight is 354 g/mol. The van der Waals surface area contributed by atoms with Crippen LogP contribution >= 0.6 is 0 Å². The van der Waals surface area contributed by atoms with E-state index in [0.29, 0.717) is 0 Å². The first-order valence-electron chi connectivity index (χ1n) is 9.38. The fraction of sp³-hybridized carbons (Fsp3) is 0.579. The fourth-order valence-electron chi connectivity index (χ4n) is 4.53. The number of piperidine rings is 2. The SMILES string of the molecule is Cc1nn(C)cc1C(=O)N1CCCC2(CCCN(c3ncccn3)C2)C1. The summed E-state index contributed by atoms with van der Waals surface area (Å²) in [6.07, 6.45) is 9.92. The molecule has 138 valence electrons. The van der Waals surface area contributed by atoms with Crippen LogP contribution in [0.2, 0.25) is 0 Å². The van der Waals surface area contributed by atoms with E-state index in [2.05, 4.69) is 20.0 Å². The van der Waals surface area contributed by atoms with Gasteiger partial charge in [-0.25, -0.2) is 9.97 Å². The maximum absolute atomic E-state index is 13.0. The number of carbonyl (C=O) groups is 1. The van der Waals surface area contributed by atoms with E-state index < -0.39 is 0 Å². The zero-order valence-corrected chi connectivity index (χ0v) is 15.6. The van der Waals surface area contributed by atoms with Gasteiger partial charge < -0.3 is 9.80 Å². The molecule has 26 heavy (non-hydrogen) atoms. The van der Waals surface area contributed by atoms with Gasteiger partial charge in [-0.2, -0.15) is 5.10 Å². The molecule has 1 spiro atoms. The van der Waals surface area contributed by atoms with E-state index in [-0.39, 0.29) is 11.3 Å². The molecule has 2 fully saturated rings. The molecule has 0 saturated carbocycles. The third kappa shape index (κ3) is 3.18. The van der Waals surface area contributed by atoms with E-state index in [4.69, 9.17) is 0 Å². The zero-order chi connectivity index (χ0) is 18.1. The average Bonchev–Trinajstić information content (AvgIpc) is 3.00. The molecule has 2 aromatic rings. The largest absolute Gasteiger partial charge is 0.340 e. The van der Waals surface area contributed by atoms with Gasteiger partial charge in [-0.1, -0.05) is 0 Å². The number of carbonyl (C=O) groups excluding carboxylic acids is 1. The van der Waals surface area contributed by atoms with Crippen molar-refractivity contribution in [3.63, 3.8) is 0 Å². The van der Waals surface area contributed by atoms with Gasteiger partial charge in [0.15, 0.2) is 0 Å². The Morgan fingerprint density at radius 1 is 1.12 bits per heavy atom. The Morgan fingerprint density at radius 2 is 1.85 bits per heavy atom. The summed E-state index contributed by atoms with van der Waals surface area (Å²) in [4.78, 5) is 26.2. The summed E-state index contributed by atoms with van der Waals surface area (Å²) in [5, 5.41) is 4.33. The number of hydrogen-bond donors (Lipinski definition) is 0. The molecule has 7 heteroatoms. The summed E-state index contributed by atoms with van der Waals surface area (Å²) in [6, 6.07) is 1.85. The standard InChI is InChI=1S/C19H26N6O/c1-15-16(12-23(2)22-15)17(26)24-10-3-6-19(13-24)7-4-11-25(14-19)18-20-8-5-9-21-18/h5,8-9,12H,3-4,6-7,10-11,13-14H2,1-2H3. The van der Waals surface area contributed by atoms with Crippen LogP contribution in [0.1, 0.15) is 41.7 Å². The van der Waals surface area contributed by atoms with Crippen molar-refractivity contribution in [3.8, 4) is 0 Å². The quantitative estimate of drug-likeness (QED) is 0.826. The molecule has 2 aliphatic rings. The van der Waals surface area contributed by atoms with Crippen LogP contribution in [0, 0.1) is 12.3 Å². The molecule has 4 heterocycles. The normalized spacial score (nSPS) is 23.5. The fourth-order valence-corrected chi connectivity index (χ4v) is 4.53. The summed E-state index contributed by atoms with van der Waals surface area (Å²) < 4.78 is 1.72. The van der Waals surface area contributed by atoms with E-state index in [1.54, 1.807) is 17.1 Å². The van der Waals surface area contributed by atoms with E-state index in [1.165, 1.54) is 0 Å². The van der Waals surface area contributed by atoms with Gasteiger partial charge in [0.05, 0.1) is 11.3 Å². The molecular formula is C19H26N6O. The summed E-state index contributed by atoms with van der Waals surface area (Å²) in [6.45, 7) is 5.45. The molecule has 0 aromatic carbocycles. The van der Waals surface area contributed by atoms with Gasteiger partial charge in [-0.05, 0) is 38.7 Å². The van der Waals surface area contributed by atoms with Crippen molar-refractivity contribution in [1.82, 2.24) is 24.6 Å². The van der Waals surface area contributed by atoms with Gasteiger partial charge in [0, 0.05) is 57.2 Å². The predicted octanol–water partition coefficient (Wildman–Crippen LogP) is 2.04. The highest BCUT2D eigenvalue weighted by molar-refractivity contribution is 5.95. The van der Waals surface area contributed by atoms with Crippen LogP contribution in [0.15, 0.2) is 24.7 Å². The lowest BCUT2D eigenvalue weighted by Gasteiger charge is -2.48. The minimum atomic E-state index is 0.114. The molecule has 2 aromatic heterocycles. The van der Waals surface area contributed by atoms with Crippen molar-refractivity contribution < 1.29 is 4.79 Å². The highest BCUT2D eigenvalue weighted by Gasteiger charge is 2.41. The zero-order valence-electron chi connectivity index (χ0n) is 15.6. The highest BCUT2D eigenvalue weighted by Crippen LogP contribution is 2.39. The summed E-state index contributed by atoms with van der Waals surface area (Å²) in [7, 11) is 1.86. The number of nitrogens with zero attached hydrogens (tertiary/aromatic N) is 6. The Labute approximate surface area is 154 Å². The third-order valence-corrected chi connectivity index (χ3v) is 5.69. The van der Waals surface area contributed by atoms with Crippen molar-refractivity contribution >= 4 is 11.9 Å². The lowest BCUT2D eigenvalue weighted by atomic mass is 9.73. The monoisotopic (exact) mass is 354 g/mol. The maximum Gasteiger partial charge on any atom is 0.257 e. The van der Waals surface area contributed by atoms with Gasteiger partial charge in [0.25, 0.3) is 5.91 Å². The second-order valence-corrected chi connectivity index (χ2v) is 7.71. The Kier molecular flexibility index (Phi) is 4.38. The highest BCUT2D eigenvalue weighted by atomic mass is 16.2. The molecule has 0 bridgehead atoms. The van der Waals surface area contributed by atoms with Gasteiger partial charge in [0.2, 0.25) is 5.95 Å². The number of aryl methyl sites for hydroxylation is 2. The van der Waals surface area contributed by atoms with E-state index in [1.807, 2.05) is 31.1 Å². The third-order valence-electron chi connectivity index (χ3n) is 5.69. The van der Waals surface area contributed by atoms with Crippen LogP contribution in [0.3, 0.4) is 0 Å². The smallest absolute Gasteiger partial charge is 0.257 e. The molecule has 0 N–H and O–H groups in total. The molecule has 4 rings (SSSR count). The maximum atomic E-state index is 13.0. The Balaban J connectivity index is 1.52. The number of likely N-dealkylation sites (tertiary alicyclic amines) is 1. The van der Waals surface area contributed by atoms with Crippen LogP contribution in [-0.4, -0.2) is 56.7 Å². The van der Waals surface area contributed by atoms with E-state index in [0.717, 1.165) is 69.1 Å². The van der Waals surface area contributed by atoms with E-state index in [9.17, 15) is 4.79 Å². The molecule has 0 aliphatic carbocycles. The van der Waals surface area contributed by atoms with Crippen molar-refractivity contribution in [2.45, 2.75) is 32.6 Å². The summed E-state index contributed by atoms with van der Waals surface area (Å²) in [5.41, 5.74) is 1.67. The molecule has 2 saturated heterocycles. The lowest BCUT2D eigenvalue weighted by Crippen LogP contribution is -2.54. The van der Waals surface area contributed by atoms with Gasteiger partial charge >= 0.3 is 0 Å². The minimum Gasteiger partial charge on any atom is -0.340 e. The first kappa shape index (κ1) is 17.0. The van der Waals surface area contributed by atoms with Gasteiger partial charge in [0.1, 0.15) is 0 Å². The minimum absolute atomic E-state index is 0.114. The Hall–Kier alpha value is -2.44. The van der Waals surface area contributed by atoms with Crippen LogP contribution in [-0.2, 0) is 7.05 Å². The Bertz CT molecular complexity index is 785. The van der Waals surface area contributed by atoms with Crippen molar-refractivity contribution in [3.05, 3.63) is 35.9 Å². The molecular weight excluding hydrogens is 328 g/mol. The number of anilines is 1. The van der Waals surface area contributed by atoms with Crippen LogP contribution in [0.5, 0.6) is 0 Å². The molecule has 0 radical (unpaired) electrons. The summed E-state index contributed by atoms with van der Waals surface area (Å²) in [5.74, 6) is 0.917. The van der Waals surface area contributed by atoms with Crippen LogP contribution in [0.4, 0.5) is 5.95 Å². The first-order valence-corrected chi connectivity index (χ1v) is 9.38. The van der Waals surface area contributed by atoms with Crippen molar-refractivity contribution in [2.24, 2.45) is 12.5 Å². The Morgan fingerprint density at radius 3 is 2.54 bits per heavy atom. The van der Waals surface area contributed by atoms with Gasteiger partial charge in [-0.15, -0.1) is 0 Å². The molecule has 2 aliphatic heterocycles. The van der Waals surface area contributed by atoms with Crippen molar-refractivity contribution in [2.75, 3.05) is 31.1 Å². The second-order valence-electron chi connectivity index (χ2n) is 7.71. The topological polar surface area (TPSA) is 67.2 Å².